The third-order valence-electron chi connectivity index (χ3n) is 7.02. The van der Waals surface area contributed by atoms with E-state index in [4.69, 9.17) is 14.5 Å². The Hall–Kier alpha value is -3.35. The molecule has 2 aromatic heterocycles. The molecule has 2 aliphatic rings. The molecule has 0 spiro atoms. The summed E-state index contributed by atoms with van der Waals surface area (Å²) < 4.78 is 10.6. The maximum Gasteiger partial charge on any atom is 0.344 e. The van der Waals surface area contributed by atoms with Crippen molar-refractivity contribution in [1.29, 1.82) is 0 Å². The van der Waals surface area contributed by atoms with Crippen LogP contribution in [-0.2, 0) is 4.74 Å². The molecule has 1 saturated heterocycles. The Morgan fingerprint density at radius 1 is 1.21 bits per heavy atom. The molecule has 1 aromatic carbocycles. The third-order valence-corrected chi connectivity index (χ3v) is 7.02. The van der Waals surface area contributed by atoms with Crippen molar-refractivity contribution >= 4 is 22.7 Å². The van der Waals surface area contributed by atoms with Gasteiger partial charge in [-0.1, -0.05) is 24.6 Å². The van der Waals surface area contributed by atoms with Crippen LogP contribution in [0.25, 0.3) is 22.2 Å². The quantitative estimate of drug-likeness (QED) is 0.587. The largest absolute Gasteiger partial charge is 0.491 e. The Morgan fingerprint density at radius 2 is 1.94 bits per heavy atom. The molecule has 2 fully saturated rings. The van der Waals surface area contributed by atoms with Crippen LogP contribution in [0, 0.1) is 18.8 Å². The predicted octanol–water partition coefficient (Wildman–Crippen LogP) is 4.32. The van der Waals surface area contributed by atoms with Gasteiger partial charge >= 0.3 is 5.97 Å². The van der Waals surface area contributed by atoms with Crippen molar-refractivity contribution in [3.05, 3.63) is 51.8 Å². The lowest BCUT2D eigenvalue weighted by molar-refractivity contribution is 0.0525. The number of nitrogens with zero attached hydrogens (tertiary/aromatic N) is 2. The second-order valence-electron chi connectivity index (χ2n) is 8.99. The number of aryl methyl sites for hydroxylation is 1. The number of fused-ring (bicyclic) bond motifs is 2. The molecule has 3 heterocycles. The van der Waals surface area contributed by atoms with Gasteiger partial charge in [-0.15, -0.1) is 0 Å². The molecule has 7 heteroatoms. The number of carbonyl (C=O) groups is 1. The van der Waals surface area contributed by atoms with E-state index in [9.17, 15) is 9.59 Å². The van der Waals surface area contributed by atoms with E-state index in [1.54, 1.807) is 13.8 Å². The van der Waals surface area contributed by atoms with Gasteiger partial charge in [0.15, 0.2) is 5.75 Å². The highest BCUT2D eigenvalue weighted by Crippen LogP contribution is 2.42. The zero-order valence-corrected chi connectivity index (χ0v) is 19.3. The molecule has 5 rings (SSSR count). The Kier molecular flexibility index (Phi) is 5.56. The van der Waals surface area contributed by atoms with Crippen molar-refractivity contribution in [3.63, 3.8) is 0 Å². The highest BCUT2D eigenvalue weighted by atomic mass is 16.5. The fourth-order valence-corrected chi connectivity index (χ4v) is 5.49. The maximum absolute atomic E-state index is 13.3. The topological polar surface area (TPSA) is 84.5 Å². The molecule has 0 amide bonds. The number of hydrogen-bond donors (Lipinski definition) is 1. The first kappa shape index (κ1) is 21.5. The summed E-state index contributed by atoms with van der Waals surface area (Å²) in [5, 5.41) is 0.944. The lowest BCUT2D eigenvalue weighted by Gasteiger charge is -2.23. The van der Waals surface area contributed by atoms with Crippen LogP contribution in [0.1, 0.15) is 42.2 Å². The minimum Gasteiger partial charge on any atom is -0.491 e. The number of esters is 1. The number of hydrogen-bond acceptors (Lipinski definition) is 6. The zero-order chi connectivity index (χ0) is 23.1. The number of nitrogens with one attached hydrogen (secondary N) is 1. The molecule has 0 unspecified atom stereocenters. The second kappa shape index (κ2) is 8.54. The van der Waals surface area contributed by atoms with Gasteiger partial charge in [-0.2, -0.15) is 0 Å². The first-order valence-electron chi connectivity index (χ1n) is 11.6. The van der Waals surface area contributed by atoms with Gasteiger partial charge in [0.05, 0.1) is 30.6 Å². The van der Waals surface area contributed by atoms with Crippen LogP contribution < -0.4 is 15.1 Å². The van der Waals surface area contributed by atoms with Crippen molar-refractivity contribution in [2.75, 3.05) is 31.7 Å². The monoisotopic (exact) mass is 447 g/mol. The summed E-state index contributed by atoms with van der Waals surface area (Å²) in [7, 11) is 1.43. The summed E-state index contributed by atoms with van der Waals surface area (Å²) in [5.74, 6) is 1.60. The summed E-state index contributed by atoms with van der Waals surface area (Å²) in [4.78, 5) is 36.9. The summed E-state index contributed by atoms with van der Waals surface area (Å²) >= 11 is 0. The molecule has 1 aliphatic carbocycles. The lowest BCUT2D eigenvalue weighted by Crippen LogP contribution is -2.25. The Bertz CT molecular complexity index is 1270. The van der Waals surface area contributed by atoms with Crippen LogP contribution in [0.3, 0.4) is 0 Å². The molecule has 33 heavy (non-hydrogen) atoms. The summed E-state index contributed by atoms with van der Waals surface area (Å²) in [6.45, 7) is 5.55. The van der Waals surface area contributed by atoms with Gasteiger partial charge in [-0.05, 0) is 50.7 Å². The summed E-state index contributed by atoms with van der Waals surface area (Å²) in [5.41, 5.74) is 2.10. The van der Waals surface area contributed by atoms with E-state index in [0.717, 1.165) is 35.4 Å². The van der Waals surface area contributed by atoms with Crippen LogP contribution in [0.2, 0.25) is 0 Å². The van der Waals surface area contributed by atoms with Crippen LogP contribution in [0.4, 0.5) is 5.82 Å². The molecular formula is C26H29N3O4. The molecule has 1 saturated carbocycles. The number of carbonyl (C=O) groups excluding carboxylic acids is 1. The van der Waals surface area contributed by atoms with E-state index < -0.39 is 11.4 Å². The van der Waals surface area contributed by atoms with Gasteiger partial charge in [0.2, 0.25) is 5.43 Å². The number of rotatable bonds is 5. The molecule has 0 bridgehead atoms. The molecule has 2 atom stereocenters. The van der Waals surface area contributed by atoms with E-state index in [-0.39, 0.29) is 17.9 Å². The number of pyridine rings is 2. The molecule has 1 aliphatic heterocycles. The van der Waals surface area contributed by atoms with Crippen molar-refractivity contribution in [1.82, 2.24) is 9.97 Å². The number of aromatic amines is 1. The fourth-order valence-electron chi connectivity index (χ4n) is 5.49. The van der Waals surface area contributed by atoms with Crippen molar-refractivity contribution in [2.24, 2.45) is 11.8 Å². The average Bonchev–Trinajstić information content (AvgIpc) is 3.40. The second-order valence-corrected chi connectivity index (χ2v) is 8.99. The van der Waals surface area contributed by atoms with E-state index in [2.05, 4.69) is 9.88 Å². The zero-order valence-electron chi connectivity index (χ0n) is 19.3. The van der Waals surface area contributed by atoms with E-state index in [0.29, 0.717) is 23.2 Å². The first-order valence-corrected chi connectivity index (χ1v) is 11.6. The smallest absolute Gasteiger partial charge is 0.344 e. The number of ether oxygens (including phenoxy) is 2. The lowest BCUT2D eigenvalue weighted by atomic mass is 10.0. The standard InChI is InChI=1S/C26H29N3O4/c1-4-33-26(31)21-22(27-15(2)24(32-3)23(21)30)19-12-16-8-5-6-11-20(16)28-25(19)29-13-17-9-7-10-18(17)14-29/h5-6,8,11-12,17-18H,4,7,9-10,13-14H2,1-3H3,(H,27,30)/t17-,18+. The first-order chi connectivity index (χ1) is 16.0. The highest BCUT2D eigenvalue weighted by molar-refractivity contribution is 6.00. The number of aromatic nitrogens is 2. The average molecular weight is 448 g/mol. The number of methoxy groups -OCH3 is 1. The van der Waals surface area contributed by atoms with Gasteiger partial charge in [0, 0.05) is 24.0 Å². The SMILES string of the molecule is CCOC(=O)c1c(-c2cc3ccccc3nc2N2C[C@H]3CCC[C@H]3C2)[nH]c(C)c(OC)c1=O. The molecule has 7 nitrogen and oxygen atoms in total. The van der Waals surface area contributed by atoms with Gasteiger partial charge in [-0.3, -0.25) is 4.79 Å². The minimum absolute atomic E-state index is 0.0444. The van der Waals surface area contributed by atoms with E-state index >= 15 is 0 Å². The summed E-state index contributed by atoms with van der Waals surface area (Å²) in [6, 6.07) is 9.94. The molecule has 1 N–H and O–H groups in total. The van der Waals surface area contributed by atoms with Gasteiger partial charge < -0.3 is 19.4 Å². The van der Waals surface area contributed by atoms with Crippen LogP contribution in [-0.4, -0.2) is 42.7 Å². The molecule has 3 aromatic rings. The minimum atomic E-state index is -0.663. The molecule has 172 valence electrons. The maximum atomic E-state index is 13.3. The van der Waals surface area contributed by atoms with E-state index in [1.807, 2.05) is 30.3 Å². The van der Waals surface area contributed by atoms with Crippen LogP contribution in [0.5, 0.6) is 5.75 Å². The Morgan fingerprint density at radius 3 is 2.64 bits per heavy atom. The highest BCUT2D eigenvalue weighted by Gasteiger charge is 2.38. The van der Waals surface area contributed by atoms with Crippen molar-refractivity contribution in [3.8, 4) is 17.0 Å². The predicted molar refractivity (Wildman–Crippen MR) is 128 cm³/mol. The van der Waals surface area contributed by atoms with E-state index in [1.165, 1.54) is 26.4 Å². The number of anilines is 1. The van der Waals surface area contributed by atoms with Gasteiger partial charge in [-0.25, -0.2) is 9.78 Å². The number of H-pyrrole nitrogens is 1. The normalized spacial score (nSPS) is 19.7. The fraction of sp³-hybridized carbons (Fsp3) is 0.423. The van der Waals surface area contributed by atoms with Crippen molar-refractivity contribution in [2.45, 2.75) is 33.1 Å². The Balaban J connectivity index is 1.76. The third kappa shape index (κ3) is 3.65. The molecular weight excluding hydrogens is 418 g/mol. The number of benzene rings is 1. The Labute approximate surface area is 192 Å². The summed E-state index contributed by atoms with van der Waals surface area (Å²) in [6.07, 6.45) is 3.78. The van der Waals surface area contributed by atoms with Crippen LogP contribution in [0.15, 0.2) is 35.1 Å². The number of para-hydroxylation sites is 1. The van der Waals surface area contributed by atoms with Crippen LogP contribution >= 0.6 is 0 Å². The van der Waals surface area contributed by atoms with Gasteiger partial charge in [0.1, 0.15) is 11.4 Å². The van der Waals surface area contributed by atoms with Gasteiger partial charge in [0.25, 0.3) is 0 Å². The van der Waals surface area contributed by atoms with Crippen molar-refractivity contribution < 1.29 is 14.3 Å². The molecule has 0 radical (unpaired) electrons.